The van der Waals surface area contributed by atoms with Crippen LogP contribution < -0.4 is 5.32 Å². The average molecular weight is 434 g/mol. The lowest BCUT2D eigenvalue weighted by molar-refractivity contribution is -0.122. The summed E-state index contributed by atoms with van der Waals surface area (Å²) in [5, 5.41) is 3.82. The molecule has 1 aromatic heterocycles. The number of fused-ring (bicyclic) bond motifs is 1. The minimum absolute atomic E-state index is 0.0522. The summed E-state index contributed by atoms with van der Waals surface area (Å²) in [4.78, 5) is 32.4. The van der Waals surface area contributed by atoms with E-state index < -0.39 is 5.97 Å². The lowest BCUT2D eigenvalue weighted by atomic mass is 9.94. The van der Waals surface area contributed by atoms with Crippen LogP contribution >= 0.6 is 0 Å². The first-order valence-electron chi connectivity index (χ1n) is 11.1. The van der Waals surface area contributed by atoms with Crippen LogP contribution in [0.3, 0.4) is 0 Å². The van der Waals surface area contributed by atoms with Gasteiger partial charge in [-0.2, -0.15) is 0 Å². The lowest BCUT2D eigenvalue weighted by Crippen LogP contribution is -2.40. The number of carbonyl (C=O) groups excluding carboxylic acids is 2. The van der Waals surface area contributed by atoms with Crippen LogP contribution in [0.1, 0.15) is 43.7 Å². The first-order chi connectivity index (χ1) is 15.4. The molecule has 0 aliphatic carbocycles. The molecule has 0 aliphatic heterocycles. The molecule has 3 rings (SSSR count). The van der Waals surface area contributed by atoms with Gasteiger partial charge in [0.25, 0.3) is 0 Å². The summed E-state index contributed by atoms with van der Waals surface area (Å²) in [6.45, 7) is 9.16. The largest absolute Gasteiger partial charge is 0.462 e. The molecule has 6 heteroatoms. The Morgan fingerprint density at radius 2 is 1.72 bits per heavy atom. The zero-order chi connectivity index (χ0) is 23.1. The van der Waals surface area contributed by atoms with E-state index in [2.05, 4.69) is 5.32 Å². The number of hydrogen-bond donors (Lipinski definition) is 1. The van der Waals surface area contributed by atoms with Crippen molar-refractivity contribution in [3.8, 4) is 11.1 Å². The van der Waals surface area contributed by atoms with Gasteiger partial charge in [-0.1, -0.05) is 55.5 Å². The second kappa shape index (κ2) is 10.9. The van der Waals surface area contributed by atoms with Gasteiger partial charge in [0.05, 0.1) is 29.9 Å². The van der Waals surface area contributed by atoms with Crippen LogP contribution in [0, 0.1) is 0 Å². The van der Waals surface area contributed by atoms with Gasteiger partial charge in [0.2, 0.25) is 5.91 Å². The maximum Gasteiger partial charge on any atom is 0.340 e. The molecule has 0 fully saturated rings. The number of esters is 1. The van der Waals surface area contributed by atoms with E-state index in [0.29, 0.717) is 24.3 Å². The Hall–Kier alpha value is -3.25. The first kappa shape index (κ1) is 23.4. The predicted octanol–water partition coefficient (Wildman–Crippen LogP) is 4.43. The Morgan fingerprint density at radius 1 is 1.03 bits per heavy atom. The topological polar surface area (TPSA) is 71.5 Å². The molecule has 0 aliphatic rings. The van der Waals surface area contributed by atoms with E-state index in [-0.39, 0.29) is 25.1 Å². The van der Waals surface area contributed by atoms with E-state index in [0.717, 1.165) is 22.0 Å². The number of amides is 1. The van der Waals surface area contributed by atoms with Gasteiger partial charge in [0.1, 0.15) is 0 Å². The van der Waals surface area contributed by atoms with Gasteiger partial charge in [-0.15, -0.1) is 0 Å². The fourth-order valence-electron chi connectivity index (χ4n) is 3.77. The Balaban J connectivity index is 2.15. The highest BCUT2D eigenvalue weighted by atomic mass is 16.5. The van der Waals surface area contributed by atoms with Crippen molar-refractivity contribution in [2.24, 2.45) is 0 Å². The zero-order valence-corrected chi connectivity index (χ0v) is 19.2. The van der Waals surface area contributed by atoms with Crippen molar-refractivity contribution < 1.29 is 14.3 Å². The van der Waals surface area contributed by atoms with Crippen LogP contribution in [0.4, 0.5) is 0 Å². The predicted molar refractivity (Wildman–Crippen MR) is 127 cm³/mol. The summed E-state index contributed by atoms with van der Waals surface area (Å²) < 4.78 is 5.45. The average Bonchev–Trinajstić information content (AvgIpc) is 2.77. The molecule has 0 radical (unpaired) electrons. The number of pyridine rings is 1. The molecule has 1 N–H and O–H groups in total. The lowest BCUT2D eigenvalue weighted by Gasteiger charge is -2.23. The van der Waals surface area contributed by atoms with E-state index in [4.69, 9.17) is 9.72 Å². The van der Waals surface area contributed by atoms with Crippen molar-refractivity contribution in [1.29, 1.82) is 0 Å². The third kappa shape index (κ3) is 5.51. The van der Waals surface area contributed by atoms with E-state index in [9.17, 15) is 9.59 Å². The molecule has 0 atom stereocenters. The summed E-state index contributed by atoms with van der Waals surface area (Å²) in [6, 6.07) is 17.7. The number of ether oxygens (including phenoxy) is 1. The fourth-order valence-corrected chi connectivity index (χ4v) is 3.77. The van der Waals surface area contributed by atoms with Crippen molar-refractivity contribution in [2.45, 2.75) is 40.3 Å². The smallest absolute Gasteiger partial charge is 0.340 e. The van der Waals surface area contributed by atoms with Crippen LogP contribution in [0.15, 0.2) is 54.6 Å². The fraction of sp³-hybridized carbons (Fsp3) is 0.346. The third-order valence-corrected chi connectivity index (χ3v) is 5.15. The number of carbonyl (C=O) groups is 2. The zero-order valence-electron chi connectivity index (χ0n) is 19.2. The molecule has 0 saturated heterocycles. The Morgan fingerprint density at radius 3 is 2.38 bits per heavy atom. The monoisotopic (exact) mass is 433 g/mol. The van der Waals surface area contributed by atoms with Crippen LogP contribution in [-0.2, 0) is 16.1 Å². The van der Waals surface area contributed by atoms with Gasteiger partial charge in [0, 0.05) is 23.5 Å². The highest BCUT2D eigenvalue weighted by Crippen LogP contribution is 2.34. The molecule has 168 valence electrons. The maximum atomic E-state index is 13.2. The van der Waals surface area contributed by atoms with Gasteiger partial charge in [-0.05, 0) is 38.9 Å². The molecule has 32 heavy (non-hydrogen) atoms. The number of rotatable bonds is 9. The summed E-state index contributed by atoms with van der Waals surface area (Å²) in [5.74, 6) is -0.453. The van der Waals surface area contributed by atoms with E-state index in [1.807, 2.05) is 80.3 Å². The standard InChI is InChI=1S/C26H31N3O3/c1-5-29(17-23(30)27-18(3)4)16-22-25(26(31)32-6-2)24(19-12-8-7-9-13-19)20-14-10-11-15-21(20)28-22/h7-15,18H,5-6,16-17H2,1-4H3,(H,27,30). The molecular formula is C26H31N3O3. The minimum Gasteiger partial charge on any atom is -0.462 e. The van der Waals surface area contributed by atoms with Crippen molar-refractivity contribution in [1.82, 2.24) is 15.2 Å². The Kier molecular flexibility index (Phi) is 7.95. The first-order valence-corrected chi connectivity index (χ1v) is 11.1. The van der Waals surface area contributed by atoms with Crippen LogP contribution in [0.25, 0.3) is 22.0 Å². The molecular weight excluding hydrogens is 402 g/mol. The van der Waals surface area contributed by atoms with Crippen LogP contribution in [-0.4, -0.2) is 47.5 Å². The van der Waals surface area contributed by atoms with E-state index in [1.54, 1.807) is 6.92 Å². The van der Waals surface area contributed by atoms with E-state index in [1.165, 1.54) is 0 Å². The number of nitrogens with one attached hydrogen (secondary N) is 1. The minimum atomic E-state index is -0.401. The molecule has 6 nitrogen and oxygen atoms in total. The molecule has 3 aromatic rings. The molecule has 0 unspecified atom stereocenters. The van der Waals surface area contributed by atoms with Crippen molar-refractivity contribution >= 4 is 22.8 Å². The second-order valence-electron chi connectivity index (χ2n) is 7.94. The highest BCUT2D eigenvalue weighted by molar-refractivity contribution is 6.07. The Bertz CT molecular complexity index is 1080. The third-order valence-electron chi connectivity index (χ3n) is 5.15. The number of hydrogen-bond acceptors (Lipinski definition) is 5. The molecule has 1 heterocycles. The van der Waals surface area contributed by atoms with Crippen molar-refractivity contribution in [3.63, 3.8) is 0 Å². The summed E-state index contributed by atoms with van der Waals surface area (Å²) in [5.41, 5.74) is 3.61. The summed E-state index contributed by atoms with van der Waals surface area (Å²) >= 11 is 0. The van der Waals surface area contributed by atoms with Gasteiger partial charge in [-0.25, -0.2) is 4.79 Å². The van der Waals surface area contributed by atoms with Crippen LogP contribution in [0.5, 0.6) is 0 Å². The van der Waals surface area contributed by atoms with E-state index >= 15 is 0 Å². The highest BCUT2D eigenvalue weighted by Gasteiger charge is 2.25. The molecule has 0 spiro atoms. The molecule has 2 aromatic carbocycles. The SMILES string of the molecule is CCOC(=O)c1c(CN(CC)CC(=O)NC(C)C)nc2ccccc2c1-c1ccccc1. The van der Waals surface area contributed by atoms with Gasteiger partial charge in [0.15, 0.2) is 0 Å². The van der Waals surface area contributed by atoms with Crippen molar-refractivity contribution in [2.75, 3.05) is 19.7 Å². The Labute approximate surface area is 189 Å². The van der Waals surface area contributed by atoms with Gasteiger partial charge in [-0.3, -0.25) is 14.7 Å². The van der Waals surface area contributed by atoms with Gasteiger partial charge < -0.3 is 10.1 Å². The maximum absolute atomic E-state index is 13.2. The number of likely N-dealkylation sites (N-methyl/N-ethyl adjacent to an activating group) is 1. The number of aromatic nitrogens is 1. The van der Waals surface area contributed by atoms with Crippen LogP contribution in [0.2, 0.25) is 0 Å². The quantitative estimate of drug-likeness (QED) is 0.506. The molecule has 0 bridgehead atoms. The number of benzene rings is 2. The van der Waals surface area contributed by atoms with Gasteiger partial charge >= 0.3 is 5.97 Å². The normalized spacial score (nSPS) is 11.2. The number of nitrogens with zero attached hydrogens (tertiary/aromatic N) is 2. The summed E-state index contributed by atoms with van der Waals surface area (Å²) in [7, 11) is 0. The second-order valence-corrected chi connectivity index (χ2v) is 7.94. The van der Waals surface area contributed by atoms with Crippen molar-refractivity contribution in [3.05, 3.63) is 65.9 Å². The summed E-state index contributed by atoms with van der Waals surface area (Å²) in [6.07, 6.45) is 0. The molecule has 0 saturated carbocycles. The number of para-hydroxylation sites is 1. The molecule has 1 amide bonds.